The summed E-state index contributed by atoms with van der Waals surface area (Å²) in [6.07, 6.45) is 4.94. The van der Waals surface area contributed by atoms with E-state index in [0.717, 1.165) is 16.7 Å². The second-order valence-electron chi connectivity index (χ2n) is 6.41. The van der Waals surface area contributed by atoms with Gasteiger partial charge in [-0.05, 0) is 31.2 Å². The second kappa shape index (κ2) is 6.25. The van der Waals surface area contributed by atoms with Gasteiger partial charge in [0.05, 0.1) is 23.4 Å². The molecular weight excluding hydrogens is 330 g/mol. The number of carbonyl (C=O) groups is 2. The van der Waals surface area contributed by atoms with Crippen LogP contribution in [0.1, 0.15) is 33.3 Å². The Morgan fingerprint density at radius 3 is 2.77 bits per heavy atom. The molecule has 0 spiro atoms. The average molecular weight is 349 g/mol. The molecule has 0 bridgehead atoms. The predicted octanol–water partition coefficient (Wildman–Crippen LogP) is 1.84. The maximum absolute atomic E-state index is 12.9. The molecule has 0 aromatic carbocycles. The lowest BCUT2D eigenvalue weighted by Gasteiger charge is -2.35. The van der Waals surface area contributed by atoms with Gasteiger partial charge in [0.2, 0.25) is 0 Å². The maximum Gasteiger partial charge on any atom is 0.256 e. The fourth-order valence-electron chi connectivity index (χ4n) is 3.57. The van der Waals surface area contributed by atoms with E-state index in [1.807, 2.05) is 19.1 Å². The SMILES string of the molecule is CNC(=O)c1c2n(c3ncccc13)CC(C)N(C(=O)c1cccnc1)C2. The quantitative estimate of drug-likeness (QED) is 0.765. The van der Waals surface area contributed by atoms with Crippen LogP contribution in [0, 0.1) is 0 Å². The van der Waals surface area contributed by atoms with E-state index in [-0.39, 0.29) is 17.9 Å². The number of fused-ring (bicyclic) bond motifs is 3. The lowest BCUT2D eigenvalue weighted by molar-refractivity contribution is 0.0614. The van der Waals surface area contributed by atoms with E-state index >= 15 is 0 Å². The summed E-state index contributed by atoms with van der Waals surface area (Å²) in [6.45, 7) is 2.95. The van der Waals surface area contributed by atoms with Crippen molar-refractivity contribution < 1.29 is 9.59 Å². The number of hydrogen-bond donors (Lipinski definition) is 1. The third-order valence-electron chi connectivity index (χ3n) is 4.85. The first-order valence-corrected chi connectivity index (χ1v) is 8.51. The Labute approximate surface area is 150 Å². The third-order valence-corrected chi connectivity index (χ3v) is 4.85. The second-order valence-corrected chi connectivity index (χ2v) is 6.41. The molecule has 0 fully saturated rings. The van der Waals surface area contributed by atoms with E-state index in [2.05, 4.69) is 19.9 Å². The van der Waals surface area contributed by atoms with Crippen LogP contribution < -0.4 is 5.32 Å². The van der Waals surface area contributed by atoms with E-state index in [1.54, 1.807) is 42.7 Å². The molecule has 1 unspecified atom stereocenters. The highest BCUT2D eigenvalue weighted by Crippen LogP contribution is 2.31. The summed E-state index contributed by atoms with van der Waals surface area (Å²) < 4.78 is 2.05. The molecule has 0 saturated heterocycles. The van der Waals surface area contributed by atoms with Gasteiger partial charge in [-0.2, -0.15) is 0 Å². The number of pyridine rings is 2. The highest BCUT2D eigenvalue weighted by Gasteiger charge is 2.33. The smallest absolute Gasteiger partial charge is 0.256 e. The molecular formula is C19H19N5O2. The van der Waals surface area contributed by atoms with Crippen LogP contribution in [0.4, 0.5) is 0 Å². The fraction of sp³-hybridized carbons (Fsp3) is 0.263. The van der Waals surface area contributed by atoms with Crippen LogP contribution in [0.25, 0.3) is 11.0 Å². The van der Waals surface area contributed by atoms with Crippen molar-refractivity contribution in [3.8, 4) is 0 Å². The van der Waals surface area contributed by atoms with Crippen LogP contribution in [-0.2, 0) is 13.1 Å². The standard InChI is InChI=1S/C19H19N5O2/c1-12-10-24-15(11-23(12)19(26)13-5-3-7-21-9-13)16(18(25)20-2)14-6-4-8-22-17(14)24/h3-9,12H,10-11H2,1-2H3,(H,20,25). The number of rotatable bonds is 2. The van der Waals surface area contributed by atoms with Crippen LogP contribution in [0.3, 0.4) is 0 Å². The van der Waals surface area contributed by atoms with E-state index in [4.69, 9.17) is 0 Å². The summed E-state index contributed by atoms with van der Waals surface area (Å²) in [7, 11) is 1.61. The van der Waals surface area contributed by atoms with Gasteiger partial charge in [-0.15, -0.1) is 0 Å². The Morgan fingerprint density at radius 2 is 2.04 bits per heavy atom. The van der Waals surface area contributed by atoms with Crippen LogP contribution in [-0.4, -0.2) is 44.3 Å². The Kier molecular flexibility index (Phi) is 3.91. The lowest BCUT2D eigenvalue weighted by atomic mass is 10.1. The maximum atomic E-state index is 12.9. The molecule has 1 aliphatic rings. The van der Waals surface area contributed by atoms with Gasteiger partial charge >= 0.3 is 0 Å². The Hall–Kier alpha value is -3.22. The Morgan fingerprint density at radius 1 is 1.23 bits per heavy atom. The first-order chi connectivity index (χ1) is 12.6. The summed E-state index contributed by atoms with van der Waals surface area (Å²) in [4.78, 5) is 35.8. The number of hydrogen-bond acceptors (Lipinski definition) is 4. The molecule has 0 saturated carbocycles. The van der Waals surface area contributed by atoms with Gasteiger partial charge in [0.1, 0.15) is 5.65 Å². The lowest BCUT2D eigenvalue weighted by Crippen LogP contribution is -2.45. The van der Waals surface area contributed by atoms with E-state index < -0.39 is 0 Å². The highest BCUT2D eigenvalue weighted by molar-refractivity contribution is 6.08. The zero-order chi connectivity index (χ0) is 18.3. The molecule has 3 aromatic heterocycles. The topological polar surface area (TPSA) is 80.1 Å². The molecule has 0 radical (unpaired) electrons. The van der Waals surface area contributed by atoms with Crippen molar-refractivity contribution in [1.82, 2.24) is 24.8 Å². The molecule has 4 heterocycles. The number of nitrogens with zero attached hydrogens (tertiary/aromatic N) is 4. The van der Waals surface area contributed by atoms with Crippen molar-refractivity contribution in [3.63, 3.8) is 0 Å². The monoisotopic (exact) mass is 349 g/mol. The molecule has 1 atom stereocenters. The predicted molar refractivity (Wildman–Crippen MR) is 96.7 cm³/mol. The minimum atomic E-state index is -0.167. The summed E-state index contributed by atoms with van der Waals surface area (Å²) in [5.74, 6) is -0.252. The van der Waals surface area contributed by atoms with Crippen LogP contribution in [0.15, 0.2) is 42.9 Å². The molecule has 1 N–H and O–H groups in total. The van der Waals surface area contributed by atoms with E-state index in [1.165, 1.54) is 0 Å². The minimum Gasteiger partial charge on any atom is -0.355 e. The van der Waals surface area contributed by atoms with Gasteiger partial charge in [0.25, 0.3) is 11.8 Å². The van der Waals surface area contributed by atoms with Crippen LogP contribution >= 0.6 is 0 Å². The van der Waals surface area contributed by atoms with Crippen molar-refractivity contribution in [3.05, 3.63) is 59.7 Å². The van der Waals surface area contributed by atoms with E-state index in [0.29, 0.717) is 24.2 Å². The number of aromatic nitrogens is 3. The number of carbonyl (C=O) groups excluding carboxylic acids is 2. The van der Waals surface area contributed by atoms with Crippen molar-refractivity contribution in [2.24, 2.45) is 0 Å². The largest absolute Gasteiger partial charge is 0.355 e. The van der Waals surface area contributed by atoms with Crippen LogP contribution in [0.2, 0.25) is 0 Å². The molecule has 4 rings (SSSR count). The molecule has 7 nitrogen and oxygen atoms in total. The molecule has 2 amide bonds. The molecule has 132 valence electrons. The third kappa shape index (κ3) is 2.44. The van der Waals surface area contributed by atoms with Crippen molar-refractivity contribution in [2.45, 2.75) is 26.1 Å². The van der Waals surface area contributed by atoms with Crippen molar-refractivity contribution in [1.29, 1.82) is 0 Å². The zero-order valence-electron chi connectivity index (χ0n) is 14.6. The molecule has 3 aromatic rings. The van der Waals surface area contributed by atoms with Gasteiger partial charge in [-0.25, -0.2) is 4.98 Å². The van der Waals surface area contributed by atoms with Crippen molar-refractivity contribution in [2.75, 3.05) is 7.05 Å². The fourth-order valence-corrected chi connectivity index (χ4v) is 3.57. The first-order valence-electron chi connectivity index (χ1n) is 8.51. The van der Waals surface area contributed by atoms with Gasteiger partial charge in [-0.3, -0.25) is 14.6 Å². The summed E-state index contributed by atoms with van der Waals surface area (Å²) >= 11 is 0. The Balaban J connectivity index is 1.82. The number of nitrogens with one attached hydrogen (secondary N) is 1. The molecule has 0 aliphatic carbocycles. The highest BCUT2D eigenvalue weighted by atomic mass is 16.2. The molecule has 1 aliphatic heterocycles. The van der Waals surface area contributed by atoms with Gasteiger partial charge in [0.15, 0.2) is 0 Å². The summed E-state index contributed by atoms with van der Waals surface area (Å²) in [5.41, 5.74) is 2.73. The summed E-state index contributed by atoms with van der Waals surface area (Å²) in [5, 5.41) is 3.51. The van der Waals surface area contributed by atoms with Gasteiger partial charge < -0.3 is 14.8 Å². The zero-order valence-corrected chi connectivity index (χ0v) is 14.6. The molecule has 7 heteroatoms. The van der Waals surface area contributed by atoms with E-state index in [9.17, 15) is 9.59 Å². The summed E-state index contributed by atoms with van der Waals surface area (Å²) in [6, 6.07) is 7.20. The molecule has 26 heavy (non-hydrogen) atoms. The van der Waals surface area contributed by atoms with Crippen molar-refractivity contribution >= 4 is 22.8 Å². The van der Waals surface area contributed by atoms with Crippen LogP contribution in [0.5, 0.6) is 0 Å². The number of amides is 2. The average Bonchev–Trinajstić information content (AvgIpc) is 3.00. The van der Waals surface area contributed by atoms with Gasteiger partial charge in [0, 0.05) is 43.6 Å². The minimum absolute atomic E-state index is 0.0228. The van der Waals surface area contributed by atoms with Gasteiger partial charge in [-0.1, -0.05) is 0 Å². The first kappa shape index (κ1) is 16.3. The normalized spacial score (nSPS) is 16.4. The Bertz CT molecular complexity index is 996.